The Labute approximate surface area is 95.4 Å². The van der Waals surface area contributed by atoms with Gasteiger partial charge in [-0.2, -0.15) is 0 Å². The molecule has 0 saturated heterocycles. The molecule has 1 aliphatic heterocycles. The van der Waals surface area contributed by atoms with Crippen LogP contribution < -0.4 is 9.47 Å². The van der Waals surface area contributed by atoms with Gasteiger partial charge in [0.2, 0.25) is 0 Å². The summed E-state index contributed by atoms with van der Waals surface area (Å²) in [5.74, 6) is 1.67. The third kappa shape index (κ3) is 2.35. The highest BCUT2D eigenvalue weighted by atomic mass is 16.5. The molecule has 0 fully saturated rings. The second-order valence-corrected chi connectivity index (χ2v) is 4.00. The van der Waals surface area contributed by atoms with Gasteiger partial charge in [0.1, 0.15) is 6.29 Å². The van der Waals surface area contributed by atoms with E-state index < -0.39 is 0 Å². The molecule has 0 atom stereocenters. The minimum atomic E-state index is 0.555. The Kier molecular flexibility index (Phi) is 3.44. The van der Waals surface area contributed by atoms with Gasteiger partial charge in [-0.3, -0.25) is 0 Å². The van der Waals surface area contributed by atoms with Crippen molar-refractivity contribution in [3.8, 4) is 11.5 Å². The van der Waals surface area contributed by atoms with Crippen LogP contribution in [0.1, 0.15) is 24.0 Å². The second-order valence-electron chi connectivity index (χ2n) is 4.00. The molecule has 1 aromatic rings. The zero-order chi connectivity index (χ0) is 11.4. The van der Waals surface area contributed by atoms with Gasteiger partial charge in [0.05, 0.1) is 13.2 Å². The summed E-state index contributed by atoms with van der Waals surface area (Å²) in [4.78, 5) is 10.4. The SMILES string of the molecule is Cc1cc(CCC=O)cc2c1OCCCO2. The maximum Gasteiger partial charge on any atom is 0.164 e. The fourth-order valence-electron chi connectivity index (χ4n) is 1.89. The van der Waals surface area contributed by atoms with Crippen LogP contribution in [0.5, 0.6) is 11.5 Å². The van der Waals surface area contributed by atoms with Gasteiger partial charge in [-0.05, 0) is 30.5 Å². The van der Waals surface area contributed by atoms with Gasteiger partial charge in [0.15, 0.2) is 11.5 Å². The van der Waals surface area contributed by atoms with E-state index in [-0.39, 0.29) is 0 Å². The number of carbonyl (C=O) groups is 1. The number of fused-ring (bicyclic) bond motifs is 1. The van der Waals surface area contributed by atoms with Crippen molar-refractivity contribution in [1.82, 2.24) is 0 Å². The fraction of sp³-hybridized carbons (Fsp3) is 0.462. The summed E-state index contributed by atoms with van der Waals surface area (Å²) in [7, 11) is 0. The highest BCUT2D eigenvalue weighted by molar-refractivity contribution is 5.52. The molecular formula is C13H16O3. The first-order chi connectivity index (χ1) is 7.81. The number of hydrogen-bond acceptors (Lipinski definition) is 3. The number of carbonyl (C=O) groups excluding carboxylic acids is 1. The van der Waals surface area contributed by atoms with Crippen LogP contribution in [-0.2, 0) is 11.2 Å². The van der Waals surface area contributed by atoms with E-state index in [1.54, 1.807) is 0 Å². The van der Waals surface area contributed by atoms with Crippen LogP contribution in [-0.4, -0.2) is 19.5 Å². The van der Waals surface area contributed by atoms with Gasteiger partial charge >= 0.3 is 0 Å². The van der Waals surface area contributed by atoms with Crippen LogP contribution >= 0.6 is 0 Å². The zero-order valence-electron chi connectivity index (χ0n) is 9.49. The van der Waals surface area contributed by atoms with Crippen molar-refractivity contribution in [2.75, 3.05) is 13.2 Å². The molecule has 2 rings (SSSR count). The minimum absolute atomic E-state index is 0.555. The molecule has 0 spiro atoms. The monoisotopic (exact) mass is 220 g/mol. The predicted octanol–water partition coefficient (Wildman–Crippen LogP) is 2.29. The van der Waals surface area contributed by atoms with E-state index in [1.165, 1.54) is 0 Å². The molecule has 1 aromatic carbocycles. The molecule has 0 bridgehead atoms. The topological polar surface area (TPSA) is 35.5 Å². The van der Waals surface area contributed by atoms with E-state index in [9.17, 15) is 4.79 Å². The average molecular weight is 220 g/mol. The molecule has 0 unspecified atom stereocenters. The normalized spacial score (nSPS) is 14.3. The Morgan fingerprint density at radius 1 is 1.31 bits per heavy atom. The van der Waals surface area contributed by atoms with E-state index >= 15 is 0 Å². The van der Waals surface area contributed by atoms with Crippen molar-refractivity contribution < 1.29 is 14.3 Å². The molecule has 0 N–H and O–H groups in total. The van der Waals surface area contributed by atoms with Gasteiger partial charge in [0.25, 0.3) is 0 Å². The van der Waals surface area contributed by atoms with Crippen LogP contribution in [0.15, 0.2) is 12.1 Å². The summed E-state index contributed by atoms with van der Waals surface area (Å²) in [6.07, 6.45) is 3.18. The molecule has 0 saturated carbocycles. The van der Waals surface area contributed by atoms with Crippen LogP contribution in [0.2, 0.25) is 0 Å². The average Bonchev–Trinajstić information content (AvgIpc) is 2.51. The maximum absolute atomic E-state index is 10.4. The van der Waals surface area contributed by atoms with E-state index in [2.05, 4.69) is 6.07 Å². The molecule has 86 valence electrons. The number of benzene rings is 1. The van der Waals surface area contributed by atoms with Gasteiger partial charge in [0, 0.05) is 12.8 Å². The first kappa shape index (κ1) is 11.0. The van der Waals surface area contributed by atoms with E-state index in [4.69, 9.17) is 9.47 Å². The fourth-order valence-corrected chi connectivity index (χ4v) is 1.89. The summed E-state index contributed by atoms with van der Waals surface area (Å²) in [6, 6.07) is 4.05. The number of hydrogen-bond donors (Lipinski definition) is 0. The number of ether oxygens (including phenoxy) is 2. The lowest BCUT2D eigenvalue weighted by Gasteiger charge is -2.12. The summed E-state index contributed by atoms with van der Waals surface area (Å²) in [6.45, 7) is 3.42. The molecule has 3 nitrogen and oxygen atoms in total. The number of aldehydes is 1. The highest BCUT2D eigenvalue weighted by Crippen LogP contribution is 2.34. The van der Waals surface area contributed by atoms with Gasteiger partial charge < -0.3 is 14.3 Å². The molecule has 0 aromatic heterocycles. The molecular weight excluding hydrogens is 204 g/mol. The van der Waals surface area contributed by atoms with E-state index in [1.807, 2.05) is 13.0 Å². The second kappa shape index (κ2) is 5.01. The van der Waals surface area contributed by atoms with Crippen molar-refractivity contribution >= 4 is 6.29 Å². The molecule has 0 aliphatic carbocycles. The summed E-state index contributed by atoms with van der Waals surface area (Å²) >= 11 is 0. The minimum Gasteiger partial charge on any atom is -0.490 e. The molecule has 1 aliphatic rings. The van der Waals surface area contributed by atoms with E-state index in [0.29, 0.717) is 19.6 Å². The molecule has 3 heteroatoms. The number of aryl methyl sites for hydroxylation is 2. The first-order valence-electron chi connectivity index (χ1n) is 5.64. The standard InChI is InChI=1S/C13H16O3/c1-10-8-11(4-2-5-14)9-12-13(10)16-7-3-6-15-12/h5,8-9H,2-4,6-7H2,1H3. The van der Waals surface area contributed by atoms with Crippen molar-refractivity contribution in [2.45, 2.75) is 26.2 Å². The van der Waals surface area contributed by atoms with Crippen LogP contribution in [0.3, 0.4) is 0 Å². The first-order valence-corrected chi connectivity index (χ1v) is 5.64. The van der Waals surface area contributed by atoms with Crippen LogP contribution in [0.4, 0.5) is 0 Å². The van der Waals surface area contributed by atoms with E-state index in [0.717, 1.165) is 41.8 Å². The molecule has 1 heterocycles. The lowest BCUT2D eigenvalue weighted by atomic mass is 10.1. The molecule has 0 radical (unpaired) electrons. The van der Waals surface area contributed by atoms with Crippen LogP contribution in [0, 0.1) is 6.92 Å². The van der Waals surface area contributed by atoms with Gasteiger partial charge in [-0.1, -0.05) is 6.07 Å². The van der Waals surface area contributed by atoms with Crippen LogP contribution in [0.25, 0.3) is 0 Å². The third-order valence-electron chi connectivity index (χ3n) is 2.64. The Hall–Kier alpha value is -1.51. The Morgan fingerprint density at radius 2 is 2.12 bits per heavy atom. The molecule has 16 heavy (non-hydrogen) atoms. The largest absolute Gasteiger partial charge is 0.490 e. The van der Waals surface area contributed by atoms with Crippen molar-refractivity contribution in [2.24, 2.45) is 0 Å². The van der Waals surface area contributed by atoms with Gasteiger partial charge in [-0.25, -0.2) is 0 Å². The summed E-state index contributed by atoms with van der Waals surface area (Å²) < 4.78 is 11.3. The maximum atomic E-state index is 10.4. The van der Waals surface area contributed by atoms with Crippen molar-refractivity contribution in [3.63, 3.8) is 0 Å². The Balaban J connectivity index is 2.28. The smallest absolute Gasteiger partial charge is 0.164 e. The van der Waals surface area contributed by atoms with Crippen molar-refractivity contribution in [1.29, 1.82) is 0 Å². The Bertz CT molecular complexity index is 385. The zero-order valence-corrected chi connectivity index (χ0v) is 9.49. The Morgan fingerprint density at radius 3 is 2.94 bits per heavy atom. The third-order valence-corrected chi connectivity index (χ3v) is 2.64. The lowest BCUT2D eigenvalue weighted by Crippen LogP contribution is -1.97. The lowest BCUT2D eigenvalue weighted by molar-refractivity contribution is -0.107. The van der Waals surface area contributed by atoms with Crippen molar-refractivity contribution in [3.05, 3.63) is 23.3 Å². The number of rotatable bonds is 3. The quantitative estimate of drug-likeness (QED) is 0.733. The highest BCUT2D eigenvalue weighted by Gasteiger charge is 2.13. The summed E-state index contributed by atoms with van der Waals surface area (Å²) in [5.41, 5.74) is 2.22. The molecule has 0 amide bonds. The summed E-state index contributed by atoms with van der Waals surface area (Å²) in [5, 5.41) is 0. The predicted molar refractivity (Wildman–Crippen MR) is 61.2 cm³/mol. The van der Waals surface area contributed by atoms with Gasteiger partial charge in [-0.15, -0.1) is 0 Å².